The molecule has 92 valence electrons. The van der Waals surface area contributed by atoms with Crippen LogP contribution in [0.2, 0.25) is 0 Å². The quantitative estimate of drug-likeness (QED) is 0.822. The van der Waals surface area contributed by atoms with Crippen LogP contribution in [0, 0.1) is 0 Å². The Bertz CT molecular complexity index is 517. The molecule has 1 aromatic rings. The lowest BCUT2D eigenvalue weighted by Gasteiger charge is -2.19. The maximum atomic E-state index is 11.9. The summed E-state index contributed by atoms with van der Waals surface area (Å²) in [6.45, 7) is 0.150. The molecule has 0 amide bonds. The molecule has 0 bridgehead atoms. The summed E-state index contributed by atoms with van der Waals surface area (Å²) in [4.78, 5) is 24.4. The van der Waals surface area contributed by atoms with Crippen molar-refractivity contribution in [2.45, 2.75) is 6.42 Å². The highest BCUT2D eigenvalue weighted by molar-refractivity contribution is 5.97. The van der Waals surface area contributed by atoms with Crippen molar-refractivity contribution in [1.82, 2.24) is 4.90 Å². The highest BCUT2D eigenvalue weighted by atomic mass is 16.4. The van der Waals surface area contributed by atoms with E-state index >= 15 is 0 Å². The van der Waals surface area contributed by atoms with Crippen LogP contribution in [0.25, 0.3) is 0 Å². The van der Waals surface area contributed by atoms with Gasteiger partial charge in [-0.1, -0.05) is 36.4 Å². The third-order valence-corrected chi connectivity index (χ3v) is 2.65. The Morgan fingerprint density at radius 3 is 2.61 bits per heavy atom. The minimum atomic E-state index is -0.948. The van der Waals surface area contributed by atoms with E-state index in [1.165, 1.54) is 6.20 Å². The minimum absolute atomic E-state index is 0.0388. The second kappa shape index (κ2) is 5.31. The highest BCUT2D eigenvalue weighted by Crippen LogP contribution is 2.13. The molecule has 1 aromatic carbocycles. The number of benzene rings is 1. The summed E-state index contributed by atoms with van der Waals surface area (Å²) in [5.41, 5.74) is 0.917. The molecule has 1 aliphatic rings. The first-order valence-corrected chi connectivity index (χ1v) is 5.61. The first-order valence-electron chi connectivity index (χ1n) is 5.61. The average molecular weight is 243 g/mol. The van der Waals surface area contributed by atoms with Gasteiger partial charge in [0.05, 0.1) is 12.1 Å². The molecule has 0 radical (unpaired) electrons. The SMILES string of the molecule is O=C(O)C1=CN(CC(=O)c2ccccc2)C=CC1. The lowest BCUT2D eigenvalue weighted by Crippen LogP contribution is -2.23. The van der Waals surface area contributed by atoms with Crippen LogP contribution in [-0.4, -0.2) is 28.3 Å². The molecule has 4 heteroatoms. The van der Waals surface area contributed by atoms with Crippen LogP contribution in [0.15, 0.2) is 54.4 Å². The number of aliphatic carboxylic acids is 1. The zero-order valence-corrected chi connectivity index (χ0v) is 9.74. The van der Waals surface area contributed by atoms with Crippen LogP contribution >= 0.6 is 0 Å². The van der Waals surface area contributed by atoms with Gasteiger partial charge in [-0.25, -0.2) is 4.79 Å². The maximum absolute atomic E-state index is 11.9. The average Bonchev–Trinajstić information content (AvgIpc) is 2.40. The molecule has 0 atom stereocenters. The summed E-state index contributed by atoms with van der Waals surface area (Å²) >= 11 is 0. The summed E-state index contributed by atoms with van der Waals surface area (Å²) in [7, 11) is 0. The van der Waals surface area contributed by atoms with Gasteiger partial charge in [-0.05, 0) is 0 Å². The van der Waals surface area contributed by atoms with Gasteiger partial charge in [0.15, 0.2) is 5.78 Å². The van der Waals surface area contributed by atoms with E-state index in [0.29, 0.717) is 17.6 Å². The van der Waals surface area contributed by atoms with E-state index in [0.717, 1.165) is 0 Å². The standard InChI is InChI=1S/C14H13NO3/c16-13(11-5-2-1-3-6-11)10-15-8-4-7-12(9-15)14(17)18/h1-6,8-9H,7,10H2,(H,17,18). The van der Waals surface area contributed by atoms with Crippen LogP contribution in [0.4, 0.5) is 0 Å². The molecule has 0 aromatic heterocycles. The summed E-state index contributed by atoms with van der Waals surface area (Å²) in [6, 6.07) is 8.95. The third kappa shape index (κ3) is 2.85. The molecular formula is C14H13NO3. The first-order chi connectivity index (χ1) is 8.66. The number of carbonyl (C=O) groups excluding carboxylic acids is 1. The number of carboxylic acid groups (broad SMARTS) is 1. The van der Waals surface area contributed by atoms with Crippen molar-refractivity contribution in [3.8, 4) is 0 Å². The maximum Gasteiger partial charge on any atom is 0.333 e. The van der Waals surface area contributed by atoms with E-state index in [1.807, 2.05) is 6.07 Å². The van der Waals surface area contributed by atoms with E-state index in [1.54, 1.807) is 41.4 Å². The van der Waals surface area contributed by atoms with E-state index < -0.39 is 5.97 Å². The Kier molecular flexibility index (Phi) is 3.57. The number of carbonyl (C=O) groups is 2. The van der Waals surface area contributed by atoms with Gasteiger partial charge >= 0.3 is 5.97 Å². The Balaban J connectivity index is 2.06. The van der Waals surface area contributed by atoms with Gasteiger partial charge in [0, 0.05) is 24.4 Å². The predicted molar refractivity (Wildman–Crippen MR) is 67.0 cm³/mol. The van der Waals surface area contributed by atoms with Gasteiger partial charge in [0.25, 0.3) is 0 Å². The second-order valence-corrected chi connectivity index (χ2v) is 4.01. The number of hydrogen-bond acceptors (Lipinski definition) is 3. The topological polar surface area (TPSA) is 57.6 Å². The predicted octanol–water partition coefficient (Wildman–Crippen LogP) is 2.06. The number of rotatable bonds is 4. The molecule has 2 rings (SSSR count). The largest absolute Gasteiger partial charge is 0.478 e. The number of Topliss-reactive ketones (excluding diaryl/α,β-unsaturated/α-hetero) is 1. The monoisotopic (exact) mass is 243 g/mol. The number of hydrogen-bond donors (Lipinski definition) is 1. The van der Waals surface area contributed by atoms with E-state index in [-0.39, 0.29) is 12.3 Å². The Morgan fingerprint density at radius 2 is 1.94 bits per heavy atom. The first kappa shape index (κ1) is 12.1. The number of carboxylic acids is 1. The van der Waals surface area contributed by atoms with Gasteiger partial charge in [0.2, 0.25) is 0 Å². The van der Waals surface area contributed by atoms with Gasteiger partial charge in [0.1, 0.15) is 0 Å². The lowest BCUT2D eigenvalue weighted by molar-refractivity contribution is -0.132. The van der Waals surface area contributed by atoms with E-state index in [2.05, 4.69) is 0 Å². The van der Waals surface area contributed by atoms with Gasteiger partial charge in [-0.2, -0.15) is 0 Å². The fraction of sp³-hybridized carbons (Fsp3) is 0.143. The molecule has 1 N–H and O–H groups in total. The molecule has 0 saturated carbocycles. The van der Waals surface area contributed by atoms with Crippen molar-refractivity contribution in [3.63, 3.8) is 0 Å². The summed E-state index contributed by atoms with van der Waals surface area (Å²) < 4.78 is 0. The second-order valence-electron chi connectivity index (χ2n) is 4.01. The molecular weight excluding hydrogens is 230 g/mol. The molecule has 1 heterocycles. The molecule has 18 heavy (non-hydrogen) atoms. The van der Waals surface area contributed by atoms with Crippen molar-refractivity contribution < 1.29 is 14.7 Å². The normalized spacial score (nSPS) is 14.2. The van der Waals surface area contributed by atoms with Crippen LogP contribution in [0.3, 0.4) is 0 Å². The summed E-state index contributed by atoms with van der Waals surface area (Å²) in [5.74, 6) is -0.986. The van der Waals surface area contributed by atoms with Crippen LogP contribution in [0.1, 0.15) is 16.8 Å². The van der Waals surface area contributed by atoms with Crippen molar-refractivity contribution >= 4 is 11.8 Å². The van der Waals surface area contributed by atoms with Gasteiger partial charge in [-0.3, -0.25) is 4.79 Å². The molecule has 0 unspecified atom stereocenters. The Hall–Kier alpha value is -2.36. The zero-order valence-electron chi connectivity index (χ0n) is 9.74. The van der Waals surface area contributed by atoms with E-state index in [9.17, 15) is 9.59 Å². The highest BCUT2D eigenvalue weighted by Gasteiger charge is 2.14. The van der Waals surface area contributed by atoms with Gasteiger partial charge in [-0.15, -0.1) is 0 Å². The van der Waals surface area contributed by atoms with Crippen molar-refractivity contribution in [2.24, 2.45) is 0 Å². The van der Waals surface area contributed by atoms with Crippen LogP contribution < -0.4 is 0 Å². The smallest absolute Gasteiger partial charge is 0.333 e. The summed E-state index contributed by atoms with van der Waals surface area (Å²) in [5, 5.41) is 8.89. The third-order valence-electron chi connectivity index (χ3n) is 2.65. The minimum Gasteiger partial charge on any atom is -0.478 e. The van der Waals surface area contributed by atoms with Gasteiger partial charge < -0.3 is 10.0 Å². The molecule has 1 aliphatic heterocycles. The van der Waals surface area contributed by atoms with E-state index in [4.69, 9.17) is 5.11 Å². The lowest BCUT2D eigenvalue weighted by atomic mass is 10.1. The van der Waals surface area contributed by atoms with Crippen LogP contribution in [-0.2, 0) is 4.79 Å². The summed E-state index contributed by atoms with van der Waals surface area (Å²) in [6.07, 6.45) is 5.36. The van der Waals surface area contributed by atoms with Crippen LogP contribution in [0.5, 0.6) is 0 Å². The molecule has 0 saturated heterocycles. The number of allylic oxidation sites excluding steroid dienone is 1. The van der Waals surface area contributed by atoms with Crippen molar-refractivity contribution in [3.05, 3.63) is 59.9 Å². The number of nitrogens with zero attached hydrogens (tertiary/aromatic N) is 1. The molecule has 0 fully saturated rings. The fourth-order valence-corrected chi connectivity index (χ4v) is 1.73. The van der Waals surface area contributed by atoms with Crippen molar-refractivity contribution in [2.75, 3.05) is 6.54 Å². The zero-order chi connectivity index (χ0) is 13.0. The Labute approximate surface area is 105 Å². The molecule has 0 aliphatic carbocycles. The molecule has 0 spiro atoms. The fourth-order valence-electron chi connectivity index (χ4n) is 1.73. The number of ketones is 1. The van der Waals surface area contributed by atoms with Crippen molar-refractivity contribution in [1.29, 1.82) is 0 Å². The molecule has 4 nitrogen and oxygen atoms in total. The Morgan fingerprint density at radius 1 is 1.22 bits per heavy atom.